The summed E-state index contributed by atoms with van der Waals surface area (Å²) in [5.74, 6) is 7.10. The summed E-state index contributed by atoms with van der Waals surface area (Å²) in [5, 5.41) is 8.11. The first kappa shape index (κ1) is 12.8. The van der Waals surface area contributed by atoms with Gasteiger partial charge in [0.15, 0.2) is 0 Å². The summed E-state index contributed by atoms with van der Waals surface area (Å²) in [6.45, 7) is 0.738. The first-order chi connectivity index (χ1) is 9.81. The minimum absolute atomic E-state index is 0.209. The summed E-state index contributed by atoms with van der Waals surface area (Å²) < 4.78 is 10.5. The van der Waals surface area contributed by atoms with Gasteiger partial charge < -0.3 is 9.47 Å². The Hall–Kier alpha value is -2.18. The Morgan fingerprint density at radius 1 is 1.30 bits per heavy atom. The SMILES string of the molecule is COc1ccc(C(NN)c2ccc3c(c2)CCO3)nn1. The van der Waals surface area contributed by atoms with Crippen molar-refractivity contribution in [2.45, 2.75) is 12.5 Å². The molecule has 6 nitrogen and oxygen atoms in total. The van der Waals surface area contributed by atoms with Crippen LogP contribution < -0.4 is 20.7 Å². The number of hydrazine groups is 1. The van der Waals surface area contributed by atoms with Crippen molar-refractivity contribution in [1.29, 1.82) is 0 Å². The van der Waals surface area contributed by atoms with Crippen LogP contribution in [0.4, 0.5) is 0 Å². The molecule has 1 atom stereocenters. The van der Waals surface area contributed by atoms with Crippen LogP contribution in [0, 0.1) is 0 Å². The summed E-state index contributed by atoms with van der Waals surface area (Å²) in [6.07, 6.45) is 0.925. The highest BCUT2D eigenvalue weighted by Crippen LogP contribution is 2.29. The standard InChI is InChI=1S/C14H16N4O2/c1-19-13-5-3-11(17-18-13)14(16-15)10-2-4-12-9(8-10)6-7-20-12/h2-5,8,14,16H,6-7,15H2,1H3. The van der Waals surface area contributed by atoms with E-state index in [0.29, 0.717) is 5.88 Å². The number of rotatable bonds is 4. The molecule has 0 bridgehead atoms. The number of aromatic nitrogens is 2. The van der Waals surface area contributed by atoms with Crippen LogP contribution in [0.25, 0.3) is 0 Å². The van der Waals surface area contributed by atoms with Crippen molar-refractivity contribution < 1.29 is 9.47 Å². The number of methoxy groups -OCH3 is 1. The molecule has 0 amide bonds. The molecule has 1 unspecified atom stereocenters. The second kappa shape index (κ2) is 5.44. The van der Waals surface area contributed by atoms with Gasteiger partial charge in [-0.2, -0.15) is 0 Å². The number of fused-ring (bicyclic) bond motifs is 1. The van der Waals surface area contributed by atoms with Crippen LogP contribution in [0.1, 0.15) is 22.9 Å². The molecule has 3 N–H and O–H groups in total. The molecular formula is C14H16N4O2. The quantitative estimate of drug-likeness (QED) is 0.637. The van der Waals surface area contributed by atoms with Crippen molar-refractivity contribution in [2.24, 2.45) is 5.84 Å². The smallest absolute Gasteiger partial charge is 0.233 e. The fraction of sp³-hybridized carbons (Fsp3) is 0.286. The fourth-order valence-corrected chi connectivity index (χ4v) is 2.33. The van der Waals surface area contributed by atoms with Crippen molar-refractivity contribution in [3.63, 3.8) is 0 Å². The molecule has 1 aliphatic rings. The lowest BCUT2D eigenvalue weighted by Crippen LogP contribution is -2.29. The molecule has 0 aliphatic carbocycles. The van der Waals surface area contributed by atoms with E-state index < -0.39 is 0 Å². The third kappa shape index (κ3) is 2.31. The maximum atomic E-state index is 5.67. The van der Waals surface area contributed by atoms with Crippen LogP contribution in [0.3, 0.4) is 0 Å². The lowest BCUT2D eigenvalue weighted by Gasteiger charge is -2.16. The highest BCUT2D eigenvalue weighted by molar-refractivity contribution is 5.42. The largest absolute Gasteiger partial charge is 0.493 e. The van der Waals surface area contributed by atoms with Crippen molar-refractivity contribution in [3.8, 4) is 11.6 Å². The summed E-state index contributed by atoms with van der Waals surface area (Å²) >= 11 is 0. The molecule has 2 heterocycles. The number of hydrogen-bond donors (Lipinski definition) is 2. The van der Waals surface area contributed by atoms with E-state index in [1.807, 2.05) is 18.2 Å². The predicted octanol–water partition coefficient (Wildman–Crippen LogP) is 0.973. The van der Waals surface area contributed by atoms with Gasteiger partial charge in [0, 0.05) is 12.5 Å². The van der Waals surface area contributed by atoms with Crippen LogP contribution in [-0.4, -0.2) is 23.9 Å². The Morgan fingerprint density at radius 3 is 2.90 bits per heavy atom. The van der Waals surface area contributed by atoms with Gasteiger partial charge in [0.25, 0.3) is 0 Å². The fourth-order valence-electron chi connectivity index (χ4n) is 2.33. The lowest BCUT2D eigenvalue weighted by atomic mass is 10.0. The lowest BCUT2D eigenvalue weighted by molar-refractivity contribution is 0.357. The van der Waals surface area contributed by atoms with Gasteiger partial charge in [-0.1, -0.05) is 6.07 Å². The summed E-state index contributed by atoms with van der Waals surface area (Å²) in [6, 6.07) is 9.46. The van der Waals surface area contributed by atoms with Gasteiger partial charge in [0.05, 0.1) is 25.5 Å². The van der Waals surface area contributed by atoms with Crippen molar-refractivity contribution >= 4 is 0 Å². The summed E-state index contributed by atoms with van der Waals surface area (Å²) in [5.41, 5.74) is 5.76. The molecule has 6 heteroatoms. The van der Waals surface area contributed by atoms with E-state index in [1.165, 1.54) is 5.56 Å². The average molecular weight is 272 g/mol. The molecule has 20 heavy (non-hydrogen) atoms. The Bertz CT molecular complexity index is 601. The maximum absolute atomic E-state index is 5.67. The summed E-state index contributed by atoms with van der Waals surface area (Å²) in [4.78, 5) is 0. The zero-order valence-electron chi connectivity index (χ0n) is 11.2. The first-order valence-corrected chi connectivity index (χ1v) is 6.41. The predicted molar refractivity (Wildman–Crippen MR) is 73.4 cm³/mol. The zero-order valence-corrected chi connectivity index (χ0v) is 11.2. The van der Waals surface area contributed by atoms with Gasteiger partial charge in [-0.25, -0.2) is 5.43 Å². The van der Waals surface area contributed by atoms with Gasteiger partial charge in [-0.15, -0.1) is 10.2 Å². The van der Waals surface area contributed by atoms with E-state index in [2.05, 4.69) is 21.7 Å². The van der Waals surface area contributed by atoms with Crippen molar-refractivity contribution in [1.82, 2.24) is 15.6 Å². The number of nitrogens with zero attached hydrogens (tertiary/aromatic N) is 2. The van der Waals surface area contributed by atoms with Crippen LogP contribution in [-0.2, 0) is 6.42 Å². The molecule has 1 aromatic heterocycles. The number of benzene rings is 1. The van der Waals surface area contributed by atoms with Gasteiger partial charge in [-0.05, 0) is 29.3 Å². The third-order valence-corrected chi connectivity index (χ3v) is 3.38. The second-order valence-corrected chi connectivity index (χ2v) is 4.57. The molecule has 3 rings (SSSR count). The molecule has 0 fully saturated rings. The van der Waals surface area contributed by atoms with Gasteiger partial charge in [0.1, 0.15) is 5.75 Å². The molecule has 0 saturated carbocycles. The average Bonchev–Trinajstić information content (AvgIpc) is 2.96. The van der Waals surface area contributed by atoms with E-state index >= 15 is 0 Å². The van der Waals surface area contributed by atoms with E-state index in [-0.39, 0.29) is 6.04 Å². The van der Waals surface area contributed by atoms with Gasteiger partial charge in [-0.3, -0.25) is 5.84 Å². The van der Waals surface area contributed by atoms with Crippen LogP contribution in [0.5, 0.6) is 11.6 Å². The molecule has 2 aromatic rings. The molecule has 0 radical (unpaired) electrons. The van der Waals surface area contributed by atoms with E-state index in [1.54, 1.807) is 13.2 Å². The third-order valence-electron chi connectivity index (χ3n) is 3.38. The van der Waals surface area contributed by atoms with E-state index in [0.717, 1.165) is 30.0 Å². The second-order valence-electron chi connectivity index (χ2n) is 4.57. The Labute approximate surface area is 116 Å². The number of nitrogens with two attached hydrogens (primary N) is 1. The highest BCUT2D eigenvalue weighted by atomic mass is 16.5. The van der Waals surface area contributed by atoms with E-state index in [9.17, 15) is 0 Å². The number of nitrogens with one attached hydrogen (secondary N) is 1. The minimum atomic E-state index is -0.209. The molecule has 0 spiro atoms. The summed E-state index contributed by atoms with van der Waals surface area (Å²) in [7, 11) is 1.56. The molecule has 104 valence electrons. The molecular weight excluding hydrogens is 256 g/mol. The van der Waals surface area contributed by atoms with Crippen LogP contribution in [0.15, 0.2) is 30.3 Å². The number of ether oxygens (including phenoxy) is 2. The topological polar surface area (TPSA) is 82.3 Å². The highest BCUT2D eigenvalue weighted by Gasteiger charge is 2.18. The van der Waals surface area contributed by atoms with Gasteiger partial charge >= 0.3 is 0 Å². The van der Waals surface area contributed by atoms with Crippen LogP contribution in [0.2, 0.25) is 0 Å². The monoisotopic (exact) mass is 272 g/mol. The van der Waals surface area contributed by atoms with E-state index in [4.69, 9.17) is 15.3 Å². The van der Waals surface area contributed by atoms with Crippen LogP contribution >= 0.6 is 0 Å². The Morgan fingerprint density at radius 2 is 2.20 bits per heavy atom. The van der Waals surface area contributed by atoms with Crippen molar-refractivity contribution in [3.05, 3.63) is 47.2 Å². The first-order valence-electron chi connectivity index (χ1n) is 6.41. The normalized spacial score (nSPS) is 14.5. The van der Waals surface area contributed by atoms with Crippen molar-refractivity contribution in [2.75, 3.05) is 13.7 Å². The Kier molecular flexibility index (Phi) is 3.49. The zero-order chi connectivity index (χ0) is 13.9. The minimum Gasteiger partial charge on any atom is -0.493 e. The maximum Gasteiger partial charge on any atom is 0.233 e. The Balaban J connectivity index is 1.92. The molecule has 1 aromatic carbocycles. The van der Waals surface area contributed by atoms with Gasteiger partial charge in [0.2, 0.25) is 5.88 Å². The molecule has 1 aliphatic heterocycles. The number of hydrogen-bond acceptors (Lipinski definition) is 6. The molecule has 0 saturated heterocycles.